The van der Waals surface area contributed by atoms with E-state index in [9.17, 15) is 9.59 Å². The summed E-state index contributed by atoms with van der Waals surface area (Å²) in [4.78, 5) is 32.9. The number of amides is 1. The van der Waals surface area contributed by atoms with Crippen molar-refractivity contribution in [3.8, 4) is 22.3 Å². The standard InChI is InChI=1S/C42H52N2O6S2Si/c1-6-10-11-12-15-30-27-38(36-26-32-25-31-16-13-22-44-23-14-17-35(39(31)44)40(32)50-42(36)46)52-37(30)21-20-33-18-19-34(51-33)24-29(5)41(45)43-28-53(47-7-2,48-8-3)49-9-4/h18-19,24-27H,6-17,22-23,28H2,1-5H3,(H,43,45)/b29-24+. The summed E-state index contributed by atoms with van der Waals surface area (Å²) >= 11 is 3.12. The topological polar surface area (TPSA) is 90.2 Å². The Balaban J connectivity index is 1.23. The lowest BCUT2D eigenvalue weighted by Crippen LogP contribution is -2.55. The van der Waals surface area contributed by atoms with E-state index < -0.39 is 8.80 Å². The third-order valence-corrected chi connectivity index (χ3v) is 14.7. The zero-order valence-electron chi connectivity index (χ0n) is 31.8. The molecule has 2 aliphatic rings. The van der Waals surface area contributed by atoms with E-state index in [1.54, 1.807) is 29.6 Å². The number of carbonyl (C=O) groups is 1. The maximum absolute atomic E-state index is 13.6. The highest BCUT2D eigenvalue weighted by molar-refractivity contribution is 7.16. The van der Waals surface area contributed by atoms with Gasteiger partial charge in [0.15, 0.2) is 0 Å². The first-order chi connectivity index (χ1) is 25.8. The first-order valence-corrected chi connectivity index (χ1v) is 22.8. The van der Waals surface area contributed by atoms with Crippen molar-refractivity contribution in [2.45, 2.75) is 92.4 Å². The monoisotopic (exact) mass is 772 g/mol. The first kappa shape index (κ1) is 39.2. The molecular formula is C42H52N2O6S2Si. The largest absolute Gasteiger partial charge is 0.521 e. The molecule has 0 unspecified atom stereocenters. The highest BCUT2D eigenvalue weighted by Gasteiger charge is 2.41. The molecule has 3 aromatic heterocycles. The van der Waals surface area contributed by atoms with E-state index in [2.05, 4.69) is 47.2 Å². The van der Waals surface area contributed by atoms with Crippen LogP contribution < -0.4 is 15.8 Å². The molecule has 0 spiro atoms. The number of benzene rings is 1. The number of carbonyl (C=O) groups excluding carboxylic acids is 1. The summed E-state index contributed by atoms with van der Waals surface area (Å²) in [5, 5.41) is 3.98. The average molecular weight is 773 g/mol. The van der Waals surface area contributed by atoms with Crippen molar-refractivity contribution in [1.82, 2.24) is 5.32 Å². The van der Waals surface area contributed by atoms with Crippen molar-refractivity contribution in [3.63, 3.8) is 0 Å². The van der Waals surface area contributed by atoms with Gasteiger partial charge in [0.1, 0.15) is 5.58 Å². The Hall–Kier alpha value is -3.50. The van der Waals surface area contributed by atoms with Crippen LogP contribution in [0.2, 0.25) is 0 Å². The normalized spacial score (nSPS) is 14.3. The van der Waals surface area contributed by atoms with Crippen LogP contribution in [-0.4, -0.2) is 53.8 Å². The van der Waals surface area contributed by atoms with E-state index in [1.165, 1.54) is 35.2 Å². The number of nitrogens with one attached hydrogen (secondary N) is 1. The Morgan fingerprint density at radius 2 is 1.72 bits per heavy atom. The number of hydrogen-bond acceptors (Lipinski definition) is 9. The van der Waals surface area contributed by atoms with Crippen LogP contribution in [0.5, 0.6) is 0 Å². The van der Waals surface area contributed by atoms with Gasteiger partial charge in [-0.3, -0.25) is 4.79 Å². The van der Waals surface area contributed by atoms with Crippen LogP contribution in [0.1, 0.15) is 104 Å². The van der Waals surface area contributed by atoms with Crippen molar-refractivity contribution < 1.29 is 22.5 Å². The molecule has 2 aliphatic heterocycles. The molecule has 8 nitrogen and oxygen atoms in total. The number of anilines is 1. The van der Waals surface area contributed by atoms with E-state index in [0.717, 1.165) is 88.5 Å². The maximum Gasteiger partial charge on any atom is 0.521 e. The smallest absolute Gasteiger partial charge is 0.422 e. The van der Waals surface area contributed by atoms with Gasteiger partial charge in [-0.25, -0.2) is 4.79 Å². The Morgan fingerprint density at radius 1 is 0.962 bits per heavy atom. The van der Waals surface area contributed by atoms with Crippen molar-refractivity contribution in [2.24, 2.45) is 0 Å². The fourth-order valence-corrected chi connectivity index (χ4v) is 11.6. The van der Waals surface area contributed by atoms with Gasteiger partial charge in [-0.1, -0.05) is 26.2 Å². The van der Waals surface area contributed by atoms with Gasteiger partial charge in [-0.2, -0.15) is 0 Å². The minimum atomic E-state index is -3.00. The van der Waals surface area contributed by atoms with E-state index in [0.29, 0.717) is 31.0 Å². The highest BCUT2D eigenvalue weighted by atomic mass is 32.1. The molecule has 11 heteroatoms. The van der Waals surface area contributed by atoms with Crippen LogP contribution in [-0.2, 0) is 37.3 Å². The van der Waals surface area contributed by atoms with Gasteiger partial charge in [0.05, 0.1) is 21.5 Å². The minimum Gasteiger partial charge on any atom is -0.422 e. The van der Waals surface area contributed by atoms with Crippen molar-refractivity contribution >= 4 is 60.1 Å². The number of thiophene rings is 2. The molecule has 1 amide bonds. The summed E-state index contributed by atoms with van der Waals surface area (Å²) in [7, 11) is -3.00. The lowest BCUT2D eigenvalue weighted by molar-refractivity contribution is -0.117. The number of hydrogen-bond donors (Lipinski definition) is 1. The predicted octanol–water partition coefficient (Wildman–Crippen LogP) is 8.91. The first-order valence-electron chi connectivity index (χ1n) is 19.3. The van der Waals surface area contributed by atoms with E-state index in [4.69, 9.17) is 17.7 Å². The summed E-state index contributed by atoms with van der Waals surface area (Å²) in [5.41, 5.74) is 6.74. The quantitative estimate of drug-likeness (QED) is 0.0400. The van der Waals surface area contributed by atoms with Gasteiger partial charge < -0.3 is 27.9 Å². The molecule has 5 heterocycles. The molecule has 0 saturated carbocycles. The molecule has 0 atom stereocenters. The third-order valence-electron chi connectivity index (χ3n) is 9.79. The molecular weight excluding hydrogens is 721 g/mol. The molecule has 1 N–H and O–H groups in total. The number of aryl methyl sites for hydroxylation is 3. The lowest BCUT2D eigenvalue weighted by atomic mass is 9.90. The summed E-state index contributed by atoms with van der Waals surface area (Å²) in [6.07, 6.45) is 11.9. The van der Waals surface area contributed by atoms with Crippen LogP contribution in [0.3, 0.4) is 0 Å². The second kappa shape index (κ2) is 18.2. The van der Waals surface area contributed by atoms with Gasteiger partial charge in [0.2, 0.25) is 5.91 Å². The van der Waals surface area contributed by atoms with E-state index in [1.807, 2.05) is 39.0 Å². The molecule has 0 radical (unpaired) electrons. The van der Waals surface area contributed by atoms with Crippen LogP contribution in [0.4, 0.5) is 5.69 Å². The van der Waals surface area contributed by atoms with Crippen molar-refractivity contribution in [2.75, 3.05) is 44.0 Å². The maximum atomic E-state index is 13.6. The Labute approximate surface area is 322 Å². The predicted molar refractivity (Wildman–Crippen MR) is 220 cm³/mol. The fraction of sp³-hybridized carbons (Fsp3) is 0.476. The van der Waals surface area contributed by atoms with E-state index >= 15 is 0 Å². The SMILES string of the molecule is CCCCCCc1cc(-c2cc3cc4c5c(c3oc2=O)CCCN5CCC4)sc1C#Cc1ccc(/C=C(\C)C(=O)NC[Si](OCC)(OCC)OCC)s1. The summed E-state index contributed by atoms with van der Waals surface area (Å²) in [6, 6.07) is 10.4. The molecule has 0 aliphatic carbocycles. The molecule has 0 saturated heterocycles. The van der Waals surface area contributed by atoms with Gasteiger partial charge in [-0.15, -0.1) is 22.7 Å². The second-order valence-corrected chi connectivity index (χ2v) is 18.4. The second-order valence-electron chi connectivity index (χ2n) is 13.6. The van der Waals surface area contributed by atoms with Gasteiger partial charge in [0, 0.05) is 64.9 Å². The molecule has 0 fully saturated rings. The summed E-state index contributed by atoms with van der Waals surface area (Å²) in [5.74, 6) is 6.64. The number of rotatable bonds is 16. The zero-order chi connectivity index (χ0) is 37.4. The lowest BCUT2D eigenvalue weighted by Gasteiger charge is -2.37. The van der Waals surface area contributed by atoms with Crippen LogP contribution in [0.25, 0.3) is 27.5 Å². The van der Waals surface area contributed by atoms with Crippen LogP contribution in [0.15, 0.2) is 45.1 Å². The molecule has 0 bridgehead atoms. The third kappa shape index (κ3) is 9.24. The van der Waals surface area contributed by atoms with Crippen molar-refractivity contribution in [1.29, 1.82) is 0 Å². The van der Waals surface area contributed by atoms with Gasteiger partial charge in [-0.05, 0) is 126 Å². The van der Waals surface area contributed by atoms with Crippen LogP contribution in [0, 0.1) is 11.8 Å². The van der Waals surface area contributed by atoms with Gasteiger partial charge in [0.25, 0.3) is 0 Å². The van der Waals surface area contributed by atoms with Gasteiger partial charge >= 0.3 is 14.4 Å². The number of fused-ring (bicyclic) bond motifs is 2. The summed E-state index contributed by atoms with van der Waals surface area (Å²) < 4.78 is 23.8. The minimum absolute atomic E-state index is 0.194. The molecule has 53 heavy (non-hydrogen) atoms. The molecule has 1 aromatic carbocycles. The number of unbranched alkanes of at least 4 members (excludes halogenated alkanes) is 3. The molecule has 4 aromatic rings. The Kier molecular flexibility index (Phi) is 13.5. The molecule has 282 valence electrons. The summed E-state index contributed by atoms with van der Waals surface area (Å²) in [6.45, 7) is 13.2. The van der Waals surface area contributed by atoms with E-state index in [-0.39, 0.29) is 17.7 Å². The average Bonchev–Trinajstić information content (AvgIpc) is 3.78. The zero-order valence-corrected chi connectivity index (χ0v) is 34.4. The highest BCUT2D eigenvalue weighted by Crippen LogP contribution is 2.41. The van der Waals surface area contributed by atoms with Crippen LogP contribution >= 0.6 is 22.7 Å². The Morgan fingerprint density at radius 3 is 2.45 bits per heavy atom. The van der Waals surface area contributed by atoms with Crippen molar-refractivity contribution in [3.05, 3.63) is 77.6 Å². The fourth-order valence-electron chi connectivity index (χ4n) is 7.37. The molecule has 6 rings (SSSR count). The Bertz CT molecular complexity index is 2050. The number of nitrogens with zero attached hydrogens (tertiary/aromatic N) is 1.